The first kappa shape index (κ1) is 22.7. The summed E-state index contributed by atoms with van der Waals surface area (Å²) in [4.78, 5) is 26.9. The molecule has 2 aromatic rings. The first-order chi connectivity index (χ1) is 16.5. The van der Waals surface area contributed by atoms with Crippen molar-refractivity contribution in [3.8, 4) is 0 Å². The van der Waals surface area contributed by atoms with Crippen molar-refractivity contribution in [3.63, 3.8) is 0 Å². The Bertz CT molecular complexity index is 1120. The summed E-state index contributed by atoms with van der Waals surface area (Å²) in [6.45, 7) is 5.85. The molecule has 1 saturated carbocycles. The lowest BCUT2D eigenvalue weighted by Gasteiger charge is -2.46. The van der Waals surface area contributed by atoms with Crippen molar-refractivity contribution in [2.45, 2.75) is 45.2 Å². The molecule has 6 nitrogen and oxygen atoms in total. The van der Waals surface area contributed by atoms with Gasteiger partial charge in [0.15, 0.2) is 0 Å². The van der Waals surface area contributed by atoms with E-state index in [2.05, 4.69) is 52.0 Å². The summed E-state index contributed by atoms with van der Waals surface area (Å²) in [5.41, 5.74) is 6.42. The maximum Gasteiger partial charge on any atom is 0.251 e. The van der Waals surface area contributed by atoms with E-state index in [0.29, 0.717) is 11.5 Å². The van der Waals surface area contributed by atoms with Gasteiger partial charge in [0.2, 0.25) is 5.91 Å². The van der Waals surface area contributed by atoms with E-state index in [9.17, 15) is 9.59 Å². The van der Waals surface area contributed by atoms with Crippen LogP contribution in [0.4, 0.5) is 11.4 Å². The third-order valence-corrected chi connectivity index (χ3v) is 7.56. The van der Waals surface area contributed by atoms with Crippen molar-refractivity contribution in [3.05, 3.63) is 65.2 Å². The zero-order chi connectivity index (χ0) is 23.8. The fourth-order valence-electron chi connectivity index (χ4n) is 5.69. The lowest BCUT2D eigenvalue weighted by molar-refractivity contribution is -0.117. The highest BCUT2D eigenvalue weighted by atomic mass is 16.2. The molecule has 34 heavy (non-hydrogen) atoms. The molecule has 0 bridgehead atoms. The number of fused-ring (bicyclic) bond motifs is 1. The second-order valence-electron chi connectivity index (χ2n) is 9.81. The summed E-state index contributed by atoms with van der Waals surface area (Å²) >= 11 is 0. The van der Waals surface area contributed by atoms with E-state index in [4.69, 9.17) is 0 Å². The van der Waals surface area contributed by atoms with Crippen molar-refractivity contribution in [2.75, 3.05) is 30.4 Å². The molecule has 5 rings (SSSR count). The minimum Gasteiger partial charge on any atom is -0.378 e. The molecule has 6 heteroatoms. The molecule has 0 radical (unpaired) electrons. The van der Waals surface area contributed by atoms with Gasteiger partial charge in [-0.3, -0.25) is 9.59 Å². The highest BCUT2D eigenvalue weighted by molar-refractivity contribution is 5.95. The molecule has 1 aliphatic carbocycles. The van der Waals surface area contributed by atoms with E-state index >= 15 is 0 Å². The van der Waals surface area contributed by atoms with E-state index in [1.165, 1.54) is 29.5 Å². The molecule has 2 aliphatic heterocycles. The van der Waals surface area contributed by atoms with Crippen molar-refractivity contribution >= 4 is 28.8 Å². The van der Waals surface area contributed by atoms with Crippen LogP contribution < -0.4 is 20.9 Å². The van der Waals surface area contributed by atoms with Crippen molar-refractivity contribution in [1.29, 1.82) is 0 Å². The highest BCUT2D eigenvalue weighted by Crippen LogP contribution is 2.50. The maximum absolute atomic E-state index is 12.9. The Labute approximate surface area is 201 Å². The lowest BCUT2D eigenvalue weighted by Crippen LogP contribution is -2.51. The van der Waals surface area contributed by atoms with Crippen LogP contribution in [0.3, 0.4) is 0 Å². The van der Waals surface area contributed by atoms with Gasteiger partial charge in [-0.05, 0) is 84.8 Å². The van der Waals surface area contributed by atoms with Crippen LogP contribution in [-0.4, -0.2) is 38.0 Å². The molecular weight excluding hydrogens is 424 g/mol. The Morgan fingerprint density at radius 3 is 2.47 bits per heavy atom. The first-order valence-corrected chi connectivity index (χ1v) is 12.4. The summed E-state index contributed by atoms with van der Waals surface area (Å²) in [6.07, 6.45) is 5.64. The molecule has 2 amide bonds. The fourth-order valence-corrected chi connectivity index (χ4v) is 5.69. The van der Waals surface area contributed by atoms with Crippen molar-refractivity contribution < 1.29 is 9.59 Å². The van der Waals surface area contributed by atoms with Crippen LogP contribution in [-0.2, 0) is 4.79 Å². The van der Waals surface area contributed by atoms with Gasteiger partial charge >= 0.3 is 0 Å². The van der Waals surface area contributed by atoms with E-state index in [0.717, 1.165) is 30.9 Å². The number of nitrogens with zero attached hydrogens (tertiary/aromatic N) is 1. The molecule has 3 N–H and O–H groups in total. The topological polar surface area (TPSA) is 73.5 Å². The number of carbonyl (C=O) groups excluding carboxylic acids is 2. The minimum atomic E-state index is -0.0892. The summed E-state index contributed by atoms with van der Waals surface area (Å²) < 4.78 is 0. The van der Waals surface area contributed by atoms with Gasteiger partial charge in [-0.1, -0.05) is 19.1 Å². The summed E-state index contributed by atoms with van der Waals surface area (Å²) in [6, 6.07) is 14.5. The number of rotatable bonds is 5. The molecular formula is C28H34N4O2. The summed E-state index contributed by atoms with van der Waals surface area (Å²) in [7, 11) is 1.64. The normalized spacial score (nSPS) is 24.1. The van der Waals surface area contributed by atoms with Crippen LogP contribution in [0.1, 0.15) is 60.6 Å². The van der Waals surface area contributed by atoms with Gasteiger partial charge in [0, 0.05) is 49.4 Å². The minimum absolute atomic E-state index is 0.0734. The van der Waals surface area contributed by atoms with Gasteiger partial charge in [-0.15, -0.1) is 0 Å². The third-order valence-electron chi connectivity index (χ3n) is 7.56. The van der Waals surface area contributed by atoms with Gasteiger partial charge < -0.3 is 20.9 Å². The molecule has 0 aromatic heterocycles. The van der Waals surface area contributed by atoms with E-state index in [1.54, 1.807) is 14.0 Å². The molecule has 0 spiro atoms. The van der Waals surface area contributed by atoms with Crippen LogP contribution >= 0.6 is 0 Å². The van der Waals surface area contributed by atoms with Crippen LogP contribution in [0, 0.1) is 11.8 Å². The van der Waals surface area contributed by atoms with Gasteiger partial charge in [0.05, 0.1) is 6.04 Å². The molecule has 3 atom stereocenters. The van der Waals surface area contributed by atoms with Crippen molar-refractivity contribution in [2.24, 2.45) is 11.8 Å². The Morgan fingerprint density at radius 2 is 1.85 bits per heavy atom. The van der Waals surface area contributed by atoms with Gasteiger partial charge in [-0.25, -0.2) is 0 Å². The first-order valence-electron chi connectivity index (χ1n) is 12.4. The monoisotopic (exact) mass is 458 g/mol. The average Bonchev–Trinajstić information content (AvgIpc) is 3.70. The lowest BCUT2D eigenvalue weighted by atomic mass is 9.78. The smallest absolute Gasteiger partial charge is 0.251 e. The Morgan fingerprint density at radius 1 is 1.09 bits per heavy atom. The molecule has 3 aliphatic rings. The SMILES string of the molecule is CNC(=O)c1ccc(N[C@H]2c3cc(C4=CCNCC4)ccc3N(C(C)=O)[C@H](C3CC3)[C@@H]2C)cc1. The molecule has 0 saturated heterocycles. The molecule has 2 heterocycles. The standard InChI is InChI=1S/C28H34N4O2/c1-17-26(31-23-9-6-21(7-10-23)28(34)29-3)24-16-22(19-12-14-30-15-13-19)8-11-25(24)32(18(2)33)27(17)20-4-5-20/h6-12,16-17,20,26-27,30-31H,4-5,13-15H2,1-3H3,(H,29,34)/t17-,26-,27+/m1/s1. The van der Waals surface area contributed by atoms with Crippen LogP contribution in [0.2, 0.25) is 0 Å². The predicted molar refractivity (Wildman–Crippen MR) is 137 cm³/mol. The van der Waals surface area contributed by atoms with Crippen LogP contribution in [0.5, 0.6) is 0 Å². The van der Waals surface area contributed by atoms with E-state index in [-0.39, 0.29) is 29.8 Å². The van der Waals surface area contributed by atoms with E-state index in [1.807, 2.05) is 24.3 Å². The number of hydrogen-bond acceptors (Lipinski definition) is 4. The highest BCUT2D eigenvalue weighted by Gasteiger charge is 2.47. The number of amides is 2. The number of benzene rings is 2. The molecule has 178 valence electrons. The summed E-state index contributed by atoms with van der Waals surface area (Å²) in [5, 5.41) is 9.83. The molecule has 2 aromatic carbocycles. The van der Waals surface area contributed by atoms with Crippen molar-refractivity contribution in [1.82, 2.24) is 10.6 Å². The zero-order valence-corrected chi connectivity index (χ0v) is 20.2. The second-order valence-corrected chi connectivity index (χ2v) is 9.81. The zero-order valence-electron chi connectivity index (χ0n) is 20.2. The maximum atomic E-state index is 12.9. The van der Waals surface area contributed by atoms with Gasteiger partial charge in [0.1, 0.15) is 0 Å². The van der Waals surface area contributed by atoms with E-state index < -0.39 is 0 Å². The number of anilines is 2. The molecule has 0 unspecified atom stereocenters. The Hall–Kier alpha value is -3.12. The fraction of sp³-hybridized carbons (Fsp3) is 0.429. The van der Waals surface area contributed by atoms with Crippen LogP contribution in [0.15, 0.2) is 48.5 Å². The Kier molecular flexibility index (Phi) is 6.17. The quantitative estimate of drug-likeness (QED) is 0.623. The largest absolute Gasteiger partial charge is 0.378 e. The molecule has 1 fully saturated rings. The number of hydrogen-bond donors (Lipinski definition) is 3. The number of nitrogens with one attached hydrogen (secondary N) is 3. The predicted octanol–water partition coefficient (Wildman–Crippen LogP) is 4.36. The Balaban J connectivity index is 1.55. The number of carbonyl (C=O) groups is 2. The van der Waals surface area contributed by atoms with Gasteiger partial charge in [0.25, 0.3) is 5.91 Å². The average molecular weight is 459 g/mol. The second kappa shape index (κ2) is 9.26. The van der Waals surface area contributed by atoms with Crippen LogP contribution in [0.25, 0.3) is 5.57 Å². The van der Waals surface area contributed by atoms with Gasteiger partial charge in [-0.2, -0.15) is 0 Å². The summed E-state index contributed by atoms with van der Waals surface area (Å²) in [5.74, 6) is 0.833. The third kappa shape index (κ3) is 4.23.